The van der Waals surface area contributed by atoms with Crippen molar-refractivity contribution in [2.75, 3.05) is 0 Å². The first kappa shape index (κ1) is 11.9. The van der Waals surface area contributed by atoms with E-state index in [1.54, 1.807) is 0 Å². The lowest BCUT2D eigenvalue weighted by molar-refractivity contribution is 0.586. The number of hydrogen-bond acceptors (Lipinski definition) is 1. The highest BCUT2D eigenvalue weighted by Crippen LogP contribution is 2.39. The van der Waals surface area contributed by atoms with Crippen molar-refractivity contribution in [3.8, 4) is 0 Å². The summed E-state index contributed by atoms with van der Waals surface area (Å²) in [5.74, 6) is 0. The summed E-state index contributed by atoms with van der Waals surface area (Å²) in [5, 5.41) is 0. The van der Waals surface area contributed by atoms with Gasteiger partial charge in [-0.2, -0.15) is 0 Å². The zero-order chi connectivity index (χ0) is 13.1. The molecule has 0 bridgehead atoms. The van der Waals surface area contributed by atoms with Gasteiger partial charge in [0.05, 0.1) is 5.54 Å². The Hall–Kier alpha value is -2.12. The van der Waals surface area contributed by atoms with Gasteiger partial charge in [0.15, 0.2) is 0 Å². The summed E-state index contributed by atoms with van der Waals surface area (Å²) >= 11 is 0. The van der Waals surface area contributed by atoms with Crippen LogP contribution in [0.1, 0.15) is 17.5 Å². The quantitative estimate of drug-likeness (QED) is 0.856. The van der Waals surface area contributed by atoms with Gasteiger partial charge in [-0.3, -0.25) is 0 Å². The second-order valence-electron chi connectivity index (χ2n) is 4.92. The first-order valence-corrected chi connectivity index (χ1v) is 6.58. The molecule has 1 unspecified atom stereocenters. The molecule has 0 fully saturated rings. The van der Waals surface area contributed by atoms with Crippen molar-refractivity contribution in [2.24, 2.45) is 5.73 Å². The van der Waals surface area contributed by atoms with Crippen molar-refractivity contribution in [1.29, 1.82) is 0 Å². The minimum absolute atomic E-state index is 0.433. The average Bonchev–Trinajstić information content (AvgIpc) is 2.49. The summed E-state index contributed by atoms with van der Waals surface area (Å²) in [4.78, 5) is 0. The third-order valence-corrected chi connectivity index (χ3v) is 3.69. The monoisotopic (exact) mass is 247 g/mol. The number of nitrogens with two attached hydrogens (primary N) is 1. The zero-order valence-electron chi connectivity index (χ0n) is 10.8. The van der Waals surface area contributed by atoms with Crippen molar-refractivity contribution in [1.82, 2.24) is 0 Å². The lowest BCUT2D eigenvalue weighted by atomic mass is 9.75. The first-order chi connectivity index (χ1) is 9.31. The Balaban J connectivity index is 2.11. The minimum atomic E-state index is -0.433. The summed E-state index contributed by atoms with van der Waals surface area (Å²) in [6, 6.07) is 20.7. The Morgan fingerprint density at radius 2 is 1.47 bits per heavy atom. The predicted octanol–water partition coefficient (Wildman–Crippen LogP) is 3.88. The van der Waals surface area contributed by atoms with Crippen LogP contribution in [-0.2, 0) is 5.54 Å². The van der Waals surface area contributed by atoms with Crippen LogP contribution in [0.4, 0.5) is 0 Å². The summed E-state index contributed by atoms with van der Waals surface area (Å²) in [7, 11) is 0. The zero-order valence-corrected chi connectivity index (χ0v) is 10.8. The molecule has 19 heavy (non-hydrogen) atoms. The van der Waals surface area contributed by atoms with E-state index in [4.69, 9.17) is 5.73 Å². The van der Waals surface area contributed by atoms with Crippen molar-refractivity contribution in [2.45, 2.75) is 12.0 Å². The highest BCUT2D eigenvalue weighted by Gasteiger charge is 2.32. The summed E-state index contributed by atoms with van der Waals surface area (Å²) in [6.45, 7) is 0. The van der Waals surface area contributed by atoms with Crippen molar-refractivity contribution >= 4 is 5.57 Å². The maximum Gasteiger partial charge on any atom is 0.0706 e. The van der Waals surface area contributed by atoms with E-state index in [0.717, 1.165) is 12.0 Å². The molecule has 0 saturated carbocycles. The molecule has 1 atom stereocenters. The molecule has 2 aromatic carbocycles. The summed E-state index contributed by atoms with van der Waals surface area (Å²) < 4.78 is 0. The third-order valence-electron chi connectivity index (χ3n) is 3.69. The van der Waals surface area contributed by atoms with Crippen LogP contribution in [0.25, 0.3) is 5.57 Å². The molecule has 0 amide bonds. The molecule has 3 rings (SSSR count). The summed E-state index contributed by atoms with van der Waals surface area (Å²) in [5.41, 5.74) is 9.84. The maximum absolute atomic E-state index is 6.74. The lowest BCUT2D eigenvalue weighted by Gasteiger charge is -2.34. The molecule has 0 aromatic heterocycles. The van der Waals surface area contributed by atoms with Gasteiger partial charge in [0, 0.05) is 0 Å². The van der Waals surface area contributed by atoms with Crippen molar-refractivity contribution < 1.29 is 0 Å². The fourth-order valence-corrected chi connectivity index (χ4v) is 2.66. The molecule has 2 N–H and O–H groups in total. The van der Waals surface area contributed by atoms with Crippen LogP contribution in [0.5, 0.6) is 0 Å². The highest BCUT2D eigenvalue weighted by atomic mass is 14.8. The van der Waals surface area contributed by atoms with Crippen LogP contribution in [0.3, 0.4) is 0 Å². The molecule has 1 aliphatic rings. The fraction of sp³-hybridized carbons (Fsp3) is 0.111. The molecule has 0 radical (unpaired) electrons. The van der Waals surface area contributed by atoms with Crippen LogP contribution in [-0.4, -0.2) is 0 Å². The molecule has 0 heterocycles. The van der Waals surface area contributed by atoms with Crippen molar-refractivity contribution in [3.63, 3.8) is 0 Å². The number of hydrogen-bond donors (Lipinski definition) is 1. The van der Waals surface area contributed by atoms with Gasteiger partial charge < -0.3 is 5.73 Å². The third kappa shape index (κ3) is 2.13. The second-order valence-corrected chi connectivity index (χ2v) is 4.92. The van der Waals surface area contributed by atoms with E-state index in [9.17, 15) is 0 Å². The Kier molecular flexibility index (Phi) is 3.06. The van der Waals surface area contributed by atoms with Gasteiger partial charge >= 0.3 is 0 Å². The largest absolute Gasteiger partial charge is 0.317 e. The van der Waals surface area contributed by atoms with Crippen molar-refractivity contribution in [3.05, 3.63) is 90.0 Å². The maximum atomic E-state index is 6.74. The van der Waals surface area contributed by atoms with E-state index in [2.05, 4.69) is 54.6 Å². The topological polar surface area (TPSA) is 26.0 Å². The normalized spacial score (nSPS) is 22.1. The molecular weight excluding hydrogens is 230 g/mol. The van der Waals surface area contributed by atoms with Crippen LogP contribution >= 0.6 is 0 Å². The number of allylic oxidation sites excluding steroid dienone is 2. The molecule has 0 saturated heterocycles. The van der Waals surface area contributed by atoms with Gasteiger partial charge in [-0.15, -0.1) is 0 Å². The van der Waals surface area contributed by atoms with Crippen LogP contribution in [0.2, 0.25) is 0 Å². The van der Waals surface area contributed by atoms with Gasteiger partial charge in [0.1, 0.15) is 0 Å². The van der Waals surface area contributed by atoms with E-state index in [1.807, 2.05) is 24.3 Å². The predicted molar refractivity (Wildman–Crippen MR) is 80.5 cm³/mol. The Bertz CT molecular complexity index is 611. The lowest BCUT2D eigenvalue weighted by Crippen LogP contribution is -2.38. The van der Waals surface area contributed by atoms with Crippen LogP contribution in [0.15, 0.2) is 78.9 Å². The SMILES string of the molecule is NC1(c2ccccc2)CC=CC=C1c1ccccc1. The summed E-state index contributed by atoms with van der Waals surface area (Å²) in [6.07, 6.45) is 7.19. The second kappa shape index (κ2) is 4.87. The Morgan fingerprint density at radius 1 is 0.842 bits per heavy atom. The van der Waals surface area contributed by atoms with Gasteiger partial charge in [-0.25, -0.2) is 0 Å². The van der Waals surface area contributed by atoms with Gasteiger partial charge in [0.25, 0.3) is 0 Å². The Labute approximate surface area is 114 Å². The molecule has 1 nitrogen and oxygen atoms in total. The van der Waals surface area contributed by atoms with E-state index in [1.165, 1.54) is 11.1 Å². The number of rotatable bonds is 2. The molecule has 2 aromatic rings. The van der Waals surface area contributed by atoms with Gasteiger partial charge in [-0.05, 0) is 23.1 Å². The molecule has 94 valence electrons. The average molecular weight is 247 g/mol. The molecule has 0 spiro atoms. The van der Waals surface area contributed by atoms with E-state index < -0.39 is 5.54 Å². The smallest absolute Gasteiger partial charge is 0.0706 e. The van der Waals surface area contributed by atoms with Gasteiger partial charge in [-0.1, -0.05) is 78.9 Å². The first-order valence-electron chi connectivity index (χ1n) is 6.58. The fourth-order valence-electron chi connectivity index (χ4n) is 2.66. The molecule has 1 heteroatoms. The Morgan fingerprint density at radius 3 is 2.16 bits per heavy atom. The number of benzene rings is 2. The van der Waals surface area contributed by atoms with E-state index in [0.29, 0.717) is 0 Å². The van der Waals surface area contributed by atoms with Crippen LogP contribution in [0, 0.1) is 0 Å². The molecule has 1 aliphatic carbocycles. The van der Waals surface area contributed by atoms with Gasteiger partial charge in [0.2, 0.25) is 0 Å². The minimum Gasteiger partial charge on any atom is -0.317 e. The standard InChI is InChI=1S/C18H17N/c19-18(16-11-5-2-6-12-16)14-8-7-13-17(18)15-9-3-1-4-10-15/h1-13H,14,19H2. The van der Waals surface area contributed by atoms with E-state index >= 15 is 0 Å². The highest BCUT2D eigenvalue weighted by molar-refractivity contribution is 5.77. The van der Waals surface area contributed by atoms with Crippen LogP contribution < -0.4 is 5.73 Å². The molecular formula is C18H17N. The molecule has 0 aliphatic heterocycles. The van der Waals surface area contributed by atoms with E-state index in [-0.39, 0.29) is 0 Å².